The molecule has 0 amide bonds. The molecule has 0 unspecified atom stereocenters. The van der Waals surface area contributed by atoms with Crippen LogP contribution in [-0.2, 0) is 20.0 Å². The maximum Gasteiger partial charge on any atom is 0.109 e. The minimum absolute atomic E-state index is 0.588. The average molecular weight is 203 g/mol. The number of hydrogen-bond acceptors (Lipinski definition) is 2. The Kier molecular flexibility index (Phi) is 2.73. The second-order valence-corrected chi connectivity index (χ2v) is 3.86. The predicted molar refractivity (Wildman–Crippen MR) is 62.6 cm³/mol. The van der Waals surface area contributed by atoms with Gasteiger partial charge in [-0.25, -0.2) is 4.98 Å². The van der Waals surface area contributed by atoms with E-state index in [4.69, 9.17) is 5.73 Å². The van der Waals surface area contributed by atoms with Crippen molar-refractivity contribution in [1.82, 2.24) is 9.55 Å². The van der Waals surface area contributed by atoms with Crippen LogP contribution in [0.3, 0.4) is 0 Å². The van der Waals surface area contributed by atoms with Crippen LogP contribution >= 0.6 is 0 Å². The first-order valence-electron chi connectivity index (χ1n) is 5.40. The fourth-order valence-corrected chi connectivity index (χ4v) is 1.86. The lowest BCUT2D eigenvalue weighted by molar-refractivity contribution is 0.772. The summed E-state index contributed by atoms with van der Waals surface area (Å²) in [7, 11) is 2.07. The summed E-state index contributed by atoms with van der Waals surface area (Å²) in [5.41, 5.74) is 9.04. The van der Waals surface area contributed by atoms with Gasteiger partial charge in [-0.15, -0.1) is 0 Å². The molecule has 3 heteroatoms. The van der Waals surface area contributed by atoms with Crippen molar-refractivity contribution in [3.05, 3.63) is 29.6 Å². The zero-order valence-electron chi connectivity index (χ0n) is 9.33. The highest BCUT2D eigenvalue weighted by atomic mass is 15.1. The summed E-state index contributed by atoms with van der Waals surface area (Å²) in [6.07, 6.45) is 2.16. The second kappa shape index (κ2) is 4.03. The molecule has 1 aromatic heterocycles. The molecule has 1 heterocycles. The Hall–Kier alpha value is -1.35. The molecule has 0 fully saturated rings. The van der Waals surface area contributed by atoms with E-state index >= 15 is 0 Å². The molecule has 0 atom stereocenters. The first-order valence-corrected chi connectivity index (χ1v) is 5.40. The van der Waals surface area contributed by atoms with Crippen molar-refractivity contribution in [1.29, 1.82) is 0 Å². The maximum atomic E-state index is 5.63. The molecule has 2 aromatic rings. The number of fused-ring (bicyclic) bond motifs is 1. The minimum Gasteiger partial charge on any atom is -0.331 e. The van der Waals surface area contributed by atoms with E-state index in [-0.39, 0.29) is 0 Å². The van der Waals surface area contributed by atoms with Crippen LogP contribution in [0.4, 0.5) is 0 Å². The Morgan fingerprint density at radius 3 is 2.87 bits per heavy atom. The van der Waals surface area contributed by atoms with Crippen LogP contribution in [0.1, 0.15) is 24.7 Å². The Balaban J connectivity index is 2.56. The molecule has 0 saturated heterocycles. The first kappa shape index (κ1) is 10.2. The van der Waals surface area contributed by atoms with E-state index < -0.39 is 0 Å². The second-order valence-electron chi connectivity index (χ2n) is 3.86. The number of rotatable bonds is 3. The van der Waals surface area contributed by atoms with Crippen LogP contribution in [0.5, 0.6) is 0 Å². The van der Waals surface area contributed by atoms with E-state index in [1.165, 1.54) is 5.52 Å². The van der Waals surface area contributed by atoms with Crippen LogP contribution < -0.4 is 5.73 Å². The van der Waals surface area contributed by atoms with Gasteiger partial charge in [-0.2, -0.15) is 0 Å². The molecule has 0 bridgehead atoms. The zero-order valence-corrected chi connectivity index (χ0v) is 9.33. The molecule has 0 aliphatic rings. The smallest absolute Gasteiger partial charge is 0.109 e. The zero-order chi connectivity index (χ0) is 10.8. The van der Waals surface area contributed by atoms with Crippen LogP contribution in [-0.4, -0.2) is 9.55 Å². The summed E-state index contributed by atoms with van der Waals surface area (Å²) >= 11 is 0. The normalized spacial score (nSPS) is 11.1. The van der Waals surface area contributed by atoms with E-state index in [0.717, 1.165) is 29.7 Å². The van der Waals surface area contributed by atoms with Crippen LogP contribution in [0.25, 0.3) is 11.0 Å². The molecule has 0 spiro atoms. The molecule has 0 radical (unpaired) electrons. The van der Waals surface area contributed by atoms with Crippen molar-refractivity contribution >= 4 is 11.0 Å². The molecule has 2 N–H and O–H groups in total. The van der Waals surface area contributed by atoms with Crippen molar-refractivity contribution in [2.75, 3.05) is 0 Å². The fourth-order valence-electron chi connectivity index (χ4n) is 1.86. The predicted octanol–water partition coefficient (Wildman–Crippen LogP) is 1.98. The molecule has 0 aliphatic heterocycles. The van der Waals surface area contributed by atoms with Gasteiger partial charge in [-0.3, -0.25) is 0 Å². The number of nitrogens with two attached hydrogens (primary N) is 1. The van der Waals surface area contributed by atoms with Crippen molar-refractivity contribution in [2.45, 2.75) is 26.3 Å². The minimum atomic E-state index is 0.588. The molecule has 15 heavy (non-hydrogen) atoms. The van der Waals surface area contributed by atoms with Crippen LogP contribution in [0.2, 0.25) is 0 Å². The van der Waals surface area contributed by atoms with E-state index in [0.29, 0.717) is 6.54 Å². The van der Waals surface area contributed by atoms with Crippen molar-refractivity contribution < 1.29 is 0 Å². The highest BCUT2D eigenvalue weighted by Crippen LogP contribution is 2.17. The monoisotopic (exact) mass is 203 g/mol. The van der Waals surface area contributed by atoms with Gasteiger partial charge >= 0.3 is 0 Å². The molecule has 0 aliphatic carbocycles. The number of aryl methyl sites for hydroxylation is 2. The summed E-state index contributed by atoms with van der Waals surface area (Å²) in [5.74, 6) is 1.15. The Morgan fingerprint density at radius 1 is 1.40 bits per heavy atom. The Morgan fingerprint density at radius 2 is 2.20 bits per heavy atom. The lowest BCUT2D eigenvalue weighted by Gasteiger charge is -2.01. The molecule has 0 saturated carbocycles. The lowest BCUT2D eigenvalue weighted by Crippen LogP contribution is -1.98. The third-order valence-electron chi connectivity index (χ3n) is 2.75. The number of hydrogen-bond donors (Lipinski definition) is 1. The SMILES string of the molecule is CCCc1nc2ccc(CN)cc2n1C. The van der Waals surface area contributed by atoms with E-state index in [2.05, 4.69) is 35.7 Å². The van der Waals surface area contributed by atoms with E-state index in [1.54, 1.807) is 0 Å². The van der Waals surface area contributed by atoms with Gasteiger partial charge in [-0.1, -0.05) is 13.0 Å². The van der Waals surface area contributed by atoms with Crippen LogP contribution in [0, 0.1) is 0 Å². The van der Waals surface area contributed by atoms with E-state index in [1.807, 2.05) is 6.07 Å². The van der Waals surface area contributed by atoms with Gasteiger partial charge in [0.1, 0.15) is 5.82 Å². The molecular formula is C12H17N3. The van der Waals surface area contributed by atoms with Gasteiger partial charge in [0.25, 0.3) is 0 Å². The van der Waals surface area contributed by atoms with Crippen LogP contribution in [0.15, 0.2) is 18.2 Å². The van der Waals surface area contributed by atoms with E-state index in [9.17, 15) is 0 Å². The average Bonchev–Trinajstić information content (AvgIpc) is 2.56. The summed E-state index contributed by atoms with van der Waals surface area (Å²) in [6.45, 7) is 2.76. The quantitative estimate of drug-likeness (QED) is 0.829. The molecular weight excluding hydrogens is 186 g/mol. The lowest BCUT2D eigenvalue weighted by atomic mass is 10.2. The topological polar surface area (TPSA) is 43.8 Å². The molecule has 1 aromatic carbocycles. The third-order valence-corrected chi connectivity index (χ3v) is 2.75. The molecule has 3 nitrogen and oxygen atoms in total. The highest BCUT2D eigenvalue weighted by molar-refractivity contribution is 5.76. The fraction of sp³-hybridized carbons (Fsp3) is 0.417. The number of benzene rings is 1. The first-order chi connectivity index (χ1) is 7.26. The van der Waals surface area contributed by atoms with Crippen molar-refractivity contribution in [3.8, 4) is 0 Å². The standard InChI is InChI=1S/C12H17N3/c1-3-4-12-14-10-6-5-9(8-13)7-11(10)15(12)2/h5-7H,3-4,8,13H2,1-2H3. The number of nitrogens with zero attached hydrogens (tertiary/aromatic N) is 2. The maximum absolute atomic E-state index is 5.63. The van der Waals surface area contributed by atoms with Gasteiger partial charge < -0.3 is 10.3 Å². The highest BCUT2D eigenvalue weighted by Gasteiger charge is 2.06. The van der Waals surface area contributed by atoms with Gasteiger partial charge in [0.05, 0.1) is 11.0 Å². The summed E-state index contributed by atoms with van der Waals surface area (Å²) in [6, 6.07) is 6.23. The molecule has 2 rings (SSSR count). The summed E-state index contributed by atoms with van der Waals surface area (Å²) in [5, 5.41) is 0. The molecule has 80 valence electrons. The summed E-state index contributed by atoms with van der Waals surface area (Å²) in [4.78, 5) is 4.60. The summed E-state index contributed by atoms with van der Waals surface area (Å²) < 4.78 is 2.16. The number of imidazole rings is 1. The third kappa shape index (κ3) is 1.75. The Bertz CT molecular complexity index is 471. The van der Waals surface area contributed by atoms with Gasteiger partial charge in [-0.05, 0) is 24.1 Å². The van der Waals surface area contributed by atoms with Gasteiger partial charge in [0, 0.05) is 20.0 Å². The van der Waals surface area contributed by atoms with Gasteiger partial charge in [0.15, 0.2) is 0 Å². The Labute approximate surface area is 89.9 Å². The largest absolute Gasteiger partial charge is 0.331 e. The van der Waals surface area contributed by atoms with Crippen molar-refractivity contribution in [3.63, 3.8) is 0 Å². The van der Waals surface area contributed by atoms with Crippen molar-refractivity contribution in [2.24, 2.45) is 12.8 Å². The van der Waals surface area contributed by atoms with Gasteiger partial charge in [0.2, 0.25) is 0 Å². The number of aromatic nitrogens is 2.